The van der Waals surface area contributed by atoms with Crippen LogP contribution in [0.4, 0.5) is 5.69 Å². The molecule has 0 aliphatic carbocycles. The van der Waals surface area contributed by atoms with E-state index in [1.807, 2.05) is 30.3 Å². The number of hydrogen-bond acceptors (Lipinski definition) is 6. The van der Waals surface area contributed by atoms with E-state index >= 15 is 0 Å². The van der Waals surface area contributed by atoms with Gasteiger partial charge in [0, 0.05) is 6.08 Å². The molecule has 154 valence electrons. The number of rotatable bonds is 8. The molecule has 0 radical (unpaired) electrons. The number of para-hydroxylation sites is 2. The molecule has 0 aliphatic heterocycles. The Kier molecular flexibility index (Phi) is 6.94. The number of carbonyl (C=O) groups is 2. The third-order valence-electron chi connectivity index (χ3n) is 4.16. The van der Waals surface area contributed by atoms with Crippen molar-refractivity contribution in [2.75, 3.05) is 12.4 Å². The number of benzene rings is 2. The fourth-order valence-corrected chi connectivity index (χ4v) is 2.64. The first-order valence-electron chi connectivity index (χ1n) is 9.32. The molecular formula is C22H22N4O4. The van der Waals surface area contributed by atoms with Crippen LogP contribution >= 0.6 is 0 Å². The van der Waals surface area contributed by atoms with Gasteiger partial charge in [0.1, 0.15) is 11.4 Å². The minimum atomic E-state index is -0.985. The van der Waals surface area contributed by atoms with Gasteiger partial charge < -0.3 is 14.8 Å². The average Bonchev–Trinajstić information content (AvgIpc) is 3.20. The largest absolute Gasteiger partial charge is 0.495 e. The molecule has 0 bridgehead atoms. The minimum absolute atomic E-state index is 0.463. The van der Waals surface area contributed by atoms with Crippen LogP contribution in [0.1, 0.15) is 18.2 Å². The van der Waals surface area contributed by atoms with Crippen LogP contribution in [0, 0.1) is 0 Å². The molecule has 30 heavy (non-hydrogen) atoms. The fourth-order valence-electron chi connectivity index (χ4n) is 2.64. The molecule has 1 atom stereocenters. The third kappa shape index (κ3) is 5.78. The molecule has 0 aliphatic rings. The van der Waals surface area contributed by atoms with Gasteiger partial charge in [0.15, 0.2) is 6.10 Å². The van der Waals surface area contributed by atoms with E-state index in [-0.39, 0.29) is 0 Å². The standard InChI is InChI=1S/C22H22N4O4/c1-16(22(28)23-19-10-6-7-11-20(19)29-2)30-21(27)13-12-18-15-26(25-24-18)14-17-8-4-3-5-9-17/h3-13,15-16H,14H2,1-2H3,(H,23,28)/b13-12+/t16-/m0/s1. The normalized spacial score (nSPS) is 11.8. The van der Waals surface area contributed by atoms with Crippen molar-refractivity contribution in [2.45, 2.75) is 19.6 Å². The highest BCUT2D eigenvalue weighted by atomic mass is 16.5. The van der Waals surface area contributed by atoms with Crippen molar-refractivity contribution in [1.29, 1.82) is 0 Å². The van der Waals surface area contributed by atoms with Crippen LogP contribution in [-0.4, -0.2) is 40.1 Å². The summed E-state index contributed by atoms with van der Waals surface area (Å²) < 4.78 is 12.0. The molecule has 0 unspecified atom stereocenters. The lowest BCUT2D eigenvalue weighted by Crippen LogP contribution is -2.29. The van der Waals surface area contributed by atoms with Crippen molar-refractivity contribution in [3.63, 3.8) is 0 Å². The van der Waals surface area contributed by atoms with Crippen LogP contribution in [0.3, 0.4) is 0 Å². The van der Waals surface area contributed by atoms with Gasteiger partial charge in [-0.25, -0.2) is 9.48 Å². The first kappa shape index (κ1) is 20.8. The molecule has 1 amide bonds. The van der Waals surface area contributed by atoms with Gasteiger partial charge >= 0.3 is 5.97 Å². The maximum Gasteiger partial charge on any atom is 0.331 e. The van der Waals surface area contributed by atoms with Gasteiger partial charge in [-0.1, -0.05) is 47.7 Å². The lowest BCUT2D eigenvalue weighted by molar-refractivity contribution is -0.148. The van der Waals surface area contributed by atoms with Crippen LogP contribution < -0.4 is 10.1 Å². The van der Waals surface area contributed by atoms with E-state index in [2.05, 4.69) is 15.6 Å². The van der Waals surface area contributed by atoms with E-state index in [4.69, 9.17) is 9.47 Å². The molecule has 0 spiro atoms. The lowest BCUT2D eigenvalue weighted by atomic mass is 10.2. The number of carbonyl (C=O) groups excluding carboxylic acids is 2. The van der Waals surface area contributed by atoms with Gasteiger partial charge in [0.25, 0.3) is 5.91 Å². The van der Waals surface area contributed by atoms with Gasteiger partial charge in [-0.15, -0.1) is 5.10 Å². The summed E-state index contributed by atoms with van der Waals surface area (Å²) in [5.41, 5.74) is 2.10. The summed E-state index contributed by atoms with van der Waals surface area (Å²) in [5.74, 6) is -0.604. The van der Waals surface area contributed by atoms with E-state index in [1.165, 1.54) is 26.2 Å². The number of aromatic nitrogens is 3. The summed E-state index contributed by atoms with van der Waals surface area (Å²) in [6.07, 6.45) is 3.43. The Hall–Kier alpha value is -3.94. The maximum absolute atomic E-state index is 12.3. The van der Waals surface area contributed by atoms with Crippen LogP contribution in [-0.2, 0) is 20.9 Å². The zero-order valence-corrected chi connectivity index (χ0v) is 16.7. The molecule has 1 aromatic heterocycles. The smallest absolute Gasteiger partial charge is 0.331 e. The monoisotopic (exact) mass is 406 g/mol. The average molecular weight is 406 g/mol. The van der Waals surface area contributed by atoms with Gasteiger partial charge in [-0.3, -0.25) is 4.79 Å². The second-order valence-corrected chi connectivity index (χ2v) is 6.43. The highest BCUT2D eigenvalue weighted by Crippen LogP contribution is 2.23. The molecule has 0 fully saturated rings. The van der Waals surface area contributed by atoms with Gasteiger partial charge in [-0.2, -0.15) is 0 Å². The summed E-state index contributed by atoms with van der Waals surface area (Å²) in [5, 5.41) is 10.7. The number of methoxy groups -OCH3 is 1. The number of amides is 1. The van der Waals surface area contributed by atoms with Crippen molar-refractivity contribution in [2.24, 2.45) is 0 Å². The zero-order valence-electron chi connectivity index (χ0n) is 16.7. The fraction of sp³-hybridized carbons (Fsp3) is 0.182. The second kappa shape index (κ2) is 10.0. The predicted octanol–water partition coefficient (Wildman–Crippen LogP) is 2.92. The molecule has 1 heterocycles. The Morgan fingerprint density at radius 1 is 1.13 bits per heavy atom. The summed E-state index contributed by atoms with van der Waals surface area (Å²) >= 11 is 0. The van der Waals surface area contributed by atoms with Crippen molar-refractivity contribution < 1.29 is 19.1 Å². The van der Waals surface area contributed by atoms with E-state index in [1.54, 1.807) is 35.1 Å². The Labute approximate surface area is 174 Å². The Morgan fingerprint density at radius 2 is 1.87 bits per heavy atom. The maximum atomic E-state index is 12.3. The summed E-state index contributed by atoms with van der Waals surface area (Å²) in [7, 11) is 1.51. The van der Waals surface area contributed by atoms with Crippen molar-refractivity contribution in [1.82, 2.24) is 15.0 Å². The Morgan fingerprint density at radius 3 is 2.63 bits per heavy atom. The van der Waals surface area contributed by atoms with Crippen LogP contribution in [0.5, 0.6) is 5.75 Å². The van der Waals surface area contributed by atoms with E-state index in [0.717, 1.165) is 5.56 Å². The first-order valence-corrected chi connectivity index (χ1v) is 9.32. The van der Waals surface area contributed by atoms with Crippen molar-refractivity contribution in [3.8, 4) is 5.75 Å². The Balaban J connectivity index is 1.52. The molecule has 8 nitrogen and oxygen atoms in total. The van der Waals surface area contributed by atoms with Gasteiger partial charge in [0.05, 0.1) is 25.5 Å². The number of ether oxygens (including phenoxy) is 2. The molecule has 1 N–H and O–H groups in total. The molecule has 3 aromatic rings. The number of hydrogen-bond donors (Lipinski definition) is 1. The zero-order chi connectivity index (χ0) is 21.3. The quantitative estimate of drug-likeness (QED) is 0.457. The van der Waals surface area contributed by atoms with Crippen LogP contribution in [0.15, 0.2) is 66.9 Å². The van der Waals surface area contributed by atoms with Crippen molar-refractivity contribution in [3.05, 3.63) is 78.1 Å². The first-order chi connectivity index (χ1) is 14.5. The molecule has 2 aromatic carbocycles. The van der Waals surface area contributed by atoms with Crippen molar-refractivity contribution >= 4 is 23.6 Å². The van der Waals surface area contributed by atoms with E-state index in [0.29, 0.717) is 23.7 Å². The van der Waals surface area contributed by atoms with Crippen LogP contribution in [0.2, 0.25) is 0 Å². The number of anilines is 1. The molecular weight excluding hydrogens is 384 g/mol. The highest BCUT2D eigenvalue weighted by molar-refractivity contribution is 5.97. The minimum Gasteiger partial charge on any atom is -0.495 e. The summed E-state index contributed by atoms with van der Waals surface area (Å²) in [6.45, 7) is 2.07. The third-order valence-corrected chi connectivity index (χ3v) is 4.16. The van der Waals surface area contributed by atoms with E-state index < -0.39 is 18.0 Å². The topological polar surface area (TPSA) is 95.3 Å². The van der Waals surface area contributed by atoms with Crippen LogP contribution in [0.25, 0.3) is 6.08 Å². The SMILES string of the molecule is COc1ccccc1NC(=O)[C@H](C)OC(=O)/C=C/c1cn(Cc2ccccc2)nn1. The van der Waals surface area contributed by atoms with Gasteiger partial charge in [-0.05, 0) is 30.7 Å². The Bertz CT molecular complexity index is 1030. The number of nitrogens with one attached hydrogen (secondary N) is 1. The van der Waals surface area contributed by atoms with E-state index in [9.17, 15) is 9.59 Å². The molecule has 8 heteroatoms. The lowest BCUT2D eigenvalue weighted by Gasteiger charge is -2.14. The number of nitrogens with zero attached hydrogens (tertiary/aromatic N) is 3. The molecule has 3 rings (SSSR count). The number of esters is 1. The second-order valence-electron chi connectivity index (χ2n) is 6.43. The summed E-state index contributed by atoms with van der Waals surface area (Å²) in [6, 6.07) is 16.8. The summed E-state index contributed by atoms with van der Waals surface area (Å²) in [4.78, 5) is 24.3. The van der Waals surface area contributed by atoms with Gasteiger partial charge in [0.2, 0.25) is 0 Å². The molecule has 0 saturated heterocycles. The highest BCUT2D eigenvalue weighted by Gasteiger charge is 2.18. The molecule has 0 saturated carbocycles. The predicted molar refractivity (Wildman–Crippen MR) is 112 cm³/mol.